The van der Waals surface area contributed by atoms with Gasteiger partial charge in [0.05, 0.1) is 110 Å². The lowest BCUT2D eigenvalue weighted by Gasteiger charge is -2.28. The Balaban J connectivity index is 0.728. The number of ether oxygens (including phenoxy) is 6. The lowest BCUT2D eigenvalue weighted by Crippen LogP contribution is -2.33. The van der Waals surface area contributed by atoms with E-state index in [2.05, 4.69) is 20.9 Å². The third kappa shape index (κ3) is 17.0. The van der Waals surface area contributed by atoms with Crippen LogP contribution >= 0.6 is 6.72 Å². The first-order chi connectivity index (χ1) is 38.0. The number of benzene rings is 4. The molecule has 0 bridgehead atoms. The summed E-state index contributed by atoms with van der Waals surface area (Å²) in [6, 6.07) is 26.3. The Morgan fingerprint density at radius 3 is 2.09 bits per heavy atom. The van der Waals surface area contributed by atoms with Crippen LogP contribution in [0.5, 0.6) is 11.5 Å². The summed E-state index contributed by atoms with van der Waals surface area (Å²) >= 11 is 4.83. The third-order valence-electron chi connectivity index (χ3n) is 12.5. The monoisotopic (exact) mass is 1110 g/mol. The van der Waals surface area contributed by atoms with Gasteiger partial charge in [0.15, 0.2) is 16.8 Å². The third-order valence-corrected chi connectivity index (χ3v) is 14.2. The molecular formula is C55H67N6O15PS. The number of rotatable bonds is 33. The number of nitrogens with one attached hydrogen (secondary N) is 2. The molecule has 418 valence electrons. The standard InChI is InChI=1S/C55H67N6O15PS/c1-68-54-46(62)20-19-44-47(63)37-48(76-53(44)54)39-15-17-40(18-16-39)55(66)57-24-27-70-29-31-72-33-35-74-36-34-73-32-30-71-28-25-61-52-42-12-6-5-11-41(42)38-60(45-14-8-7-13-43(45)51(52)58-59-61)50(65)22-21-49(64)56-23-9-3-4-10-26-75-77(67,78)69-2/h5-8,11-20,37,62H,3-4,9-10,21-36,38H2,1-2H3,(H,56,64)(H,57,66)(H,67,78). The van der Waals surface area contributed by atoms with Crippen LogP contribution in [0.25, 0.3) is 44.8 Å². The van der Waals surface area contributed by atoms with Crippen LogP contribution in [0.15, 0.2) is 100 Å². The molecule has 1 aliphatic heterocycles. The van der Waals surface area contributed by atoms with E-state index in [1.165, 1.54) is 32.4 Å². The van der Waals surface area contributed by atoms with E-state index in [0.717, 1.165) is 48.1 Å². The van der Waals surface area contributed by atoms with Gasteiger partial charge in [-0.15, -0.1) is 5.10 Å². The van der Waals surface area contributed by atoms with Crippen molar-refractivity contribution in [1.29, 1.82) is 0 Å². The number of aromatic hydroxyl groups is 1. The van der Waals surface area contributed by atoms with Crippen LogP contribution in [-0.4, -0.2) is 143 Å². The van der Waals surface area contributed by atoms with Crippen LogP contribution in [0.4, 0.5) is 5.69 Å². The highest BCUT2D eigenvalue weighted by atomic mass is 32.5. The highest BCUT2D eigenvalue weighted by molar-refractivity contribution is 8.07. The average Bonchev–Trinajstić information content (AvgIpc) is 3.97. The minimum Gasteiger partial charge on any atom is -0.504 e. The van der Waals surface area contributed by atoms with E-state index in [-0.39, 0.29) is 64.2 Å². The van der Waals surface area contributed by atoms with Crippen LogP contribution in [0, 0.1) is 0 Å². The SMILES string of the molecule is COc1c(O)ccc2c(=O)cc(-c3ccc(C(=O)NCCOCCOCCOCCOCCOCCn4nnc5c4-c4ccccc4CN(C(=O)CCC(=O)NCCCCCCOP(O)(=S)OC)c4ccccc4-5)cc3)oc12. The molecule has 3 amide bonds. The van der Waals surface area contributed by atoms with Gasteiger partial charge in [-0.25, -0.2) is 4.68 Å². The van der Waals surface area contributed by atoms with Crippen LogP contribution in [0.3, 0.4) is 0 Å². The number of hydrogen-bond acceptors (Lipinski definition) is 17. The van der Waals surface area contributed by atoms with Crippen LogP contribution in [0.2, 0.25) is 0 Å². The van der Waals surface area contributed by atoms with Crippen molar-refractivity contribution in [1.82, 2.24) is 25.6 Å². The zero-order chi connectivity index (χ0) is 55.1. The molecule has 78 heavy (non-hydrogen) atoms. The molecule has 4 N–H and O–H groups in total. The number of carbonyl (C=O) groups is 3. The maximum atomic E-state index is 13.9. The van der Waals surface area contributed by atoms with Crippen molar-refractivity contribution in [2.45, 2.75) is 51.6 Å². The number of fused-ring (bicyclic) bond motifs is 6. The number of aromatic nitrogens is 3. The second-order valence-electron chi connectivity index (χ2n) is 17.8. The second-order valence-corrected chi connectivity index (χ2v) is 20.7. The average molecular weight is 1120 g/mol. The number of unbranched alkanes of at least 4 members (excludes halogenated alkanes) is 3. The Morgan fingerprint density at radius 1 is 0.731 bits per heavy atom. The molecule has 0 aliphatic carbocycles. The molecule has 0 radical (unpaired) electrons. The summed E-state index contributed by atoms with van der Waals surface area (Å²) in [7, 11) is 2.70. The summed E-state index contributed by atoms with van der Waals surface area (Å²) in [6.45, 7) is 2.42. The van der Waals surface area contributed by atoms with Crippen molar-refractivity contribution in [3.63, 3.8) is 0 Å². The minimum atomic E-state index is -3.14. The number of phenols is 1. The fraction of sp³-hybridized carbons (Fsp3) is 0.418. The number of phenolic OH excluding ortho intramolecular Hbond substituents is 1. The minimum absolute atomic E-state index is 0.0356. The van der Waals surface area contributed by atoms with Gasteiger partial charge >= 0.3 is 6.72 Å². The molecule has 3 heterocycles. The molecule has 0 saturated carbocycles. The van der Waals surface area contributed by atoms with Crippen molar-refractivity contribution < 1.29 is 66.3 Å². The summed E-state index contributed by atoms with van der Waals surface area (Å²) in [6.07, 6.45) is 3.30. The molecule has 4 aromatic carbocycles. The van der Waals surface area contributed by atoms with E-state index in [0.29, 0.717) is 121 Å². The smallest absolute Gasteiger partial charge is 0.324 e. The summed E-state index contributed by atoms with van der Waals surface area (Å²) in [5.74, 6) is -0.456. The number of para-hydroxylation sites is 1. The molecular weight excluding hydrogens is 1050 g/mol. The Kier molecular flexibility index (Phi) is 23.3. The first kappa shape index (κ1) is 59.2. The van der Waals surface area contributed by atoms with Crippen molar-refractivity contribution in [2.75, 3.05) is 105 Å². The molecule has 0 spiro atoms. The van der Waals surface area contributed by atoms with E-state index in [1.54, 1.807) is 29.2 Å². The Hall–Kier alpha value is -6.43. The van der Waals surface area contributed by atoms with Crippen LogP contribution < -0.4 is 25.7 Å². The quantitative estimate of drug-likeness (QED) is 0.0244. The molecule has 0 fully saturated rings. The van der Waals surface area contributed by atoms with Gasteiger partial charge in [-0.1, -0.05) is 72.7 Å². The van der Waals surface area contributed by atoms with Crippen molar-refractivity contribution in [3.8, 4) is 45.3 Å². The van der Waals surface area contributed by atoms with Gasteiger partial charge in [0, 0.05) is 61.4 Å². The van der Waals surface area contributed by atoms with Crippen molar-refractivity contribution in [2.24, 2.45) is 0 Å². The van der Waals surface area contributed by atoms with E-state index in [4.69, 9.17) is 53.7 Å². The summed E-state index contributed by atoms with van der Waals surface area (Å²) in [5, 5.41) is 25.3. The number of anilines is 1. The number of nitrogens with zero attached hydrogens (tertiary/aromatic N) is 4. The second kappa shape index (κ2) is 30.6. The summed E-state index contributed by atoms with van der Waals surface area (Å²) in [5.41, 5.74) is 5.59. The molecule has 21 nitrogen and oxygen atoms in total. The van der Waals surface area contributed by atoms with Crippen molar-refractivity contribution in [3.05, 3.63) is 112 Å². The maximum Gasteiger partial charge on any atom is 0.324 e. The Labute approximate surface area is 457 Å². The lowest BCUT2D eigenvalue weighted by molar-refractivity contribution is -0.125. The first-order valence-electron chi connectivity index (χ1n) is 25.8. The Bertz CT molecular complexity index is 3030. The molecule has 1 aliphatic rings. The Morgan fingerprint density at radius 2 is 1.38 bits per heavy atom. The maximum absolute atomic E-state index is 13.9. The zero-order valence-corrected chi connectivity index (χ0v) is 45.6. The van der Waals surface area contributed by atoms with E-state index < -0.39 is 6.72 Å². The van der Waals surface area contributed by atoms with Gasteiger partial charge < -0.3 is 67.4 Å². The molecule has 0 saturated heterocycles. The lowest BCUT2D eigenvalue weighted by atomic mass is 9.95. The van der Waals surface area contributed by atoms with E-state index >= 15 is 0 Å². The summed E-state index contributed by atoms with van der Waals surface area (Å²) < 4.78 is 51.3. The fourth-order valence-electron chi connectivity index (χ4n) is 8.46. The number of hydrogen-bond donors (Lipinski definition) is 4. The fourth-order valence-corrected chi connectivity index (χ4v) is 9.15. The molecule has 1 unspecified atom stereocenters. The molecule has 7 rings (SSSR count). The largest absolute Gasteiger partial charge is 0.504 e. The van der Waals surface area contributed by atoms with Gasteiger partial charge in [0.25, 0.3) is 5.91 Å². The number of carbonyl (C=O) groups excluding carboxylic acids is 3. The normalized spacial score (nSPS) is 12.7. The highest BCUT2D eigenvalue weighted by Crippen LogP contribution is 2.43. The first-order valence-corrected chi connectivity index (χ1v) is 28.4. The van der Waals surface area contributed by atoms with Crippen LogP contribution in [-0.2, 0) is 67.2 Å². The van der Waals surface area contributed by atoms with Gasteiger partial charge in [-0.3, -0.25) is 19.2 Å². The highest BCUT2D eigenvalue weighted by Gasteiger charge is 2.29. The van der Waals surface area contributed by atoms with Gasteiger partial charge in [0.2, 0.25) is 17.6 Å². The summed E-state index contributed by atoms with van der Waals surface area (Å²) in [4.78, 5) is 63.5. The molecule has 6 aromatic rings. The van der Waals surface area contributed by atoms with Crippen LogP contribution in [0.1, 0.15) is 54.4 Å². The van der Waals surface area contributed by atoms with Gasteiger partial charge in [-0.2, -0.15) is 0 Å². The van der Waals surface area contributed by atoms with E-state index in [1.807, 2.05) is 53.2 Å². The molecule has 2 aromatic heterocycles. The molecule has 23 heteroatoms. The van der Waals surface area contributed by atoms with E-state index in [9.17, 15) is 29.2 Å². The number of methoxy groups -OCH3 is 1. The van der Waals surface area contributed by atoms with Gasteiger partial charge in [0.1, 0.15) is 11.5 Å². The predicted molar refractivity (Wildman–Crippen MR) is 295 cm³/mol. The molecule has 1 atom stereocenters. The topological polar surface area (TPSA) is 254 Å². The number of amides is 3. The van der Waals surface area contributed by atoms with Crippen molar-refractivity contribution >= 4 is 52.9 Å². The predicted octanol–water partition coefficient (Wildman–Crippen LogP) is 6.80. The zero-order valence-electron chi connectivity index (χ0n) is 43.9. The van der Waals surface area contributed by atoms with Gasteiger partial charge in [-0.05, 0) is 60.5 Å².